The Morgan fingerprint density at radius 1 is 1.17 bits per heavy atom. The normalized spacial score (nSPS) is 16.6. The third-order valence-electron chi connectivity index (χ3n) is 6.92. The lowest BCUT2D eigenvalue weighted by Crippen LogP contribution is -2.40. The molecule has 0 spiro atoms. The topological polar surface area (TPSA) is 70.2 Å². The van der Waals surface area contributed by atoms with Gasteiger partial charge in [0.25, 0.3) is 5.56 Å². The molecule has 7 heteroatoms. The molecule has 1 aromatic carbocycles. The van der Waals surface area contributed by atoms with E-state index < -0.39 is 0 Å². The van der Waals surface area contributed by atoms with Crippen molar-refractivity contribution in [2.24, 2.45) is 0 Å². The molecule has 1 aliphatic heterocycles. The summed E-state index contributed by atoms with van der Waals surface area (Å²) in [6, 6.07) is 12.7. The first-order chi connectivity index (χ1) is 17.0. The van der Waals surface area contributed by atoms with Crippen molar-refractivity contribution in [1.29, 1.82) is 0 Å². The molecule has 182 valence electrons. The van der Waals surface area contributed by atoms with Crippen LogP contribution in [-0.2, 0) is 19.6 Å². The van der Waals surface area contributed by atoms with Gasteiger partial charge in [0.15, 0.2) is 0 Å². The van der Waals surface area contributed by atoms with Gasteiger partial charge in [0.05, 0.1) is 16.3 Å². The number of allylic oxidation sites excluding steroid dienone is 1. The highest BCUT2D eigenvalue weighted by atomic mass is 35.5. The summed E-state index contributed by atoms with van der Waals surface area (Å²) >= 11 is 5.92. The molecule has 5 rings (SSSR count). The minimum atomic E-state index is -0.139. The Bertz CT molecular complexity index is 1260. The van der Waals surface area contributed by atoms with E-state index in [9.17, 15) is 4.79 Å². The number of nitrogens with one attached hydrogen (secondary N) is 2. The van der Waals surface area contributed by atoms with Crippen molar-refractivity contribution in [3.8, 4) is 5.75 Å². The van der Waals surface area contributed by atoms with Gasteiger partial charge in [0, 0.05) is 25.0 Å². The Morgan fingerprint density at radius 3 is 2.83 bits per heavy atom. The smallest absolute Gasteiger partial charge is 0.259 e. The summed E-state index contributed by atoms with van der Waals surface area (Å²) in [4.78, 5) is 22.3. The second-order valence-corrected chi connectivity index (χ2v) is 9.90. The summed E-state index contributed by atoms with van der Waals surface area (Å²) in [6.45, 7) is 3.49. The number of rotatable bonds is 7. The lowest BCUT2D eigenvalue weighted by Gasteiger charge is -2.29. The predicted molar refractivity (Wildman–Crippen MR) is 141 cm³/mol. The molecule has 1 saturated heterocycles. The third-order valence-corrected chi connectivity index (χ3v) is 7.15. The Labute approximate surface area is 211 Å². The number of H-pyrrole nitrogens is 1. The quantitative estimate of drug-likeness (QED) is 0.503. The summed E-state index contributed by atoms with van der Waals surface area (Å²) in [7, 11) is 2.19. The monoisotopic (exact) mass is 490 g/mol. The molecule has 0 unspecified atom stereocenters. The van der Waals surface area contributed by atoms with Crippen molar-refractivity contribution in [3.63, 3.8) is 0 Å². The summed E-state index contributed by atoms with van der Waals surface area (Å²) in [6.07, 6.45) is 9.45. The van der Waals surface area contributed by atoms with Gasteiger partial charge in [-0.15, -0.1) is 0 Å². The van der Waals surface area contributed by atoms with Crippen molar-refractivity contribution >= 4 is 23.3 Å². The number of likely N-dealkylation sites (tertiary alicyclic amines) is 1. The van der Waals surface area contributed by atoms with E-state index in [2.05, 4.69) is 51.5 Å². The molecule has 1 aliphatic carbocycles. The molecule has 0 saturated carbocycles. The zero-order valence-corrected chi connectivity index (χ0v) is 20.8. The van der Waals surface area contributed by atoms with E-state index in [4.69, 9.17) is 16.3 Å². The maximum absolute atomic E-state index is 12.8. The van der Waals surface area contributed by atoms with Crippen LogP contribution in [0.25, 0.3) is 11.6 Å². The Morgan fingerprint density at radius 2 is 2.03 bits per heavy atom. The Kier molecular flexibility index (Phi) is 7.32. The van der Waals surface area contributed by atoms with Gasteiger partial charge >= 0.3 is 0 Å². The van der Waals surface area contributed by atoms with Gasteiger partial charge in [-0.2, -0.15) is 0 Å². The number of benzene rings is 1. The highest BCUT2D eigenvalue weighted by Gasteiger charge is 2.20. The number of hydrogen-bond acceptors (Lipinski definition) is 5. The van der Waals surface area contributed by atoms with Crippen LogP contribution in [0.5, 0.6) is 5.75 Å². The van der Waals surface area contributed by atoms with E-state index in [0.29, 0.717) is 22.4 Å². The summed E-state index contributed by atoms with van der Waals surface area (Å²) in [5.74, 6) is 0.569. The molecule has 2 aromatic heterocycles. The zero-order valence-electron chi connectivity index (χ0n) is 20.0. The van der Waals surface area contributed by atoms with Crippen LogP contribution < -0.4 is 15.6 Å². The van der Waals surface area contributed by atoms with Crippen LogP contribution in [0.1, 0.15) is 47.2 Å². The van der Waals surface area contributed by atoms with Gasteiger partial charge in [0.1, 0.15) is 12.4 Å². The van der Waals surface area contributed by atoms with Crippen LogP contribution in [0, 0.1) is 0 Å². The SMILES string of the molecule is CN1CCC(NCc2ccc3c(c2)CCC(c2c(OCc4ccc(Cl)cn4)cc[nH]c2=O)=C3)CC1. The van der Waals surface area contributed by atoms with Crippen LogP contribution in [0.15, 0.2) is 53.6 Å². The second-order valence-electron chi connectivity index (χ2n) is 9.46. The van der Waals surface area contributed by atoms with Crippen LogP contribution in [0.4, 0.5) is 0 Å². The molecule has 2 N–H and O–H groups in total. The lowest BCUT2D eigenvalue weighted by molar-refractivity contribution is 0.234. The molecule has 0 atom stereocenters. The molecule has 6 nitrogen and oxygen atoms in total. The van der Waals surface area contributed by atoms with Crippen LogP contribution in [0.3, 0.4) is 0 Å². The fourth-order valence-corrected chi connectivity index (χ4v) is 4.97. The first-order valence-corrected chi connectivity index (χ1v) is 12.6. The number of pyridine rings is 2. The number of aromatic nitrogens is 2. The van der Waals surface area contributed by atoms with Crippen molar-refractivity contribution in [3.05, 3.63) is 92.1 Å². The van der Waals surface area contributed by atoms with Crippen molar-refractivity contribution in [2.45, 2.75) is 44.9 Å². The van der Waals surface area contributed by atoms with Gasteiger partial charge in [-0.3, -0.25) is 9.78 Å². The average Bonchev–Trinajstić information content (AvgIpc) is 2.88. The fourth-order valence-electron chi connectivity index (χ4n) is 4.86. The van der Waals surface area contributed by atoms with Crippen LogP contribution >= 0.6 is 11.6 Å². The summed E-state index contributed by atoms with van der Waals surface area (Å²) < 4.78 is 6.02. The number of piperidine rings is 1. The second kappa shape index (κ2) is 10.8. The molecule has 0 bridgehead atoms. The number of aromatic amines is 1. The first kappa shape index (κ1) is 23.8. The fraction of sp³-hybridized carbons (Fsp3) is 0.357. The van der Waals surface area contributed by atoms with E-state index >= 15 is 0 Å². The molecule has 0 amide bonds. The number of aryl methyl sites for hydroxylation is 1. The number of ether oxygens (including phenoxy) is 1. The Hall–Kier alpha value is -2.93. The molecule has 1 fully saturated rings. The molecular formula is C28H31ClN4O2. The minimum Gasteiger partial charge on any atom is -0.486 e. The molecule has 3 aromatic rings. The molecule has 2 aliphatic rings. The molecular weight excluding hydrogens is 460 g/mol. The van der Waals surface area contributed by atoms with Gasteiger partial charge in [-0.05, 0) is 86.3 Å². The van der Waals surface area contributed by atoms with Crippen LogP contribution in [0.2, 0.25) is 5.02 Å². The summed E-state index contributed by atoms with van der Waals surface area (Å²) in [5, 5.41) is 4.31. The number of nitrogens with zero attached hydrogens (tertiary/aromatic N) is 2. The maximum atomic E-state index is 12.8. The average molecular weight is 491 g/mol. The number of fused-ring (bicyclic) bond motifs is 1. The van der Waals surface area contributed by atoms with Gasteiger partial charge < -0.3 is 19.9 Å². The maximum Gasteiger partial charge on any atom is 0.259 e. The van der Waals surface area contributed by atoms with E-state index in [0.717, 1.165) is 43.7 Å². The molecule has 0 radical (unpaired) electrons. The Balaban J connectivity index is 1.30. The predicted octanol–water partition coefficient (Wildman–Crippen LogP) is 4.67. The van der Waals surface area contributed by atoms with E-state index in [-0.39, 0.29) is 12.2 Å². The highest BCUT2D eigenvalue weighted by molar-refractivity contribution is 6.30. The van der Waals surface area contributed by atoms with Gasteiger partial charge in [-0.1, -0.05) is 35.9 Å². The number of hydrogen-bond donors (Lipinski definition) is 2. The summed E-state index contributed by atoms with van der Waals surface area (Å²) in [5.41, 5.74) is 6.02. The minimum absolute atomic E-state index is 0.139. The highest BCUT2D eigenvalue weighted by Crippen LogP contribution is 2.33. The van der Waals surface area contributed by atoms with Crippen molar-refractivity contribution in [2.75, 3.05) is 20.1 Å². The molecule has 3 heterocycles. The zero-order chi connectivity index (χ0) is 24.2. The van der Waals surface area contributed by atoms with Crippen molar-refractivity contribution < 1.29 is 4.74 Å². The lowest BCUT2D eigenvalue weighted by atomic mass is 9.88. The third kappa shape index (κ3) is 5.84. The first-order valence-electron chi connectivity index (χ1n) is 12.2. The van der Waals surface area contributed by atoms with Gasteiger partial charge in [0.2, 0.25) is 0 Å². The van der Waals surface area contributed by atoms with Gasteiger partial charge in [-0.25, -0.2) is 0 Å². The standard InChI is InChI=1S/C28H31ClN4O2/c1-33-12-9-24(10-13-33)31-16-19-2-3-21-15-22(5-4-20(21)14-19)27-26(8-11-30-28(27)34)35-18-25-7-6-23(29)17-32-25/h2-3,6-8,11,14-15,17,24,31H,4-5,9-10,12-13,16,18H2,1H3,(H,30,34). The number of halogens is 1. The largest absolute Gasteiger partial charge is 0.486 e. The van der Waals surface area contributed by atoms with Crippen LogP contribution in [-0.4, -0.2) is 41.0 Å². The van der Waals surface area contributed by atoms with E-state index in [1.54, 1.807) is 24.5 Å². The van der Waals surface area contributed by atoms with Crippen molar-refractivity contribution in [1.82, 2.24) is 20.2 Å². The molecule has 35 heavy (non-hydrogen) atoms. The van der Waals surface area contributed by atoms with E-state index in [1.807, 2.05) is 6.07 Å². The van der Waals surface area contributed by atoms with E-state index in [1.165, 1.54) is 29.5 Å².